The van der Waals surface area contributed by atoms with Gasteiger partial charge in [-0.25, -0.2) is 0 Å². The molecular formula is C29H20BrClO2. The van der Waals surface area contributed by atoms with Crippen LogP contribution in [0.4, 0.5) is 0 Å². The highest BCUT2D eigenvalue weighted by Gasteiger charge is 2.25. The van der Waals surface area contributed by atoms with Crippen molar-refractivity contribution in [1.82, 2.24) is 0 Å². The van der Waals surface area contributed by atoms with Crippen LogP contribution in [0.1, 0.15) is 27.0 Å². The molecule has 0 atom stereocenters. The van der Waals surface area contributed by atoms with E-state index < -0.39 is 0 Å². The molecule has 0 unspecified atom stereocenters. The van der Waals surface area contributed by atoms with Crippen LogP contribution in [0, 0.1) is 0 Å². The molecule has 0 bridgehead atoms. The van der Waals surface area contributed by atoms with Crippen molar-refractivity contribution in [2.45, 2.75) is 0 Å². The van der Waals surface area contributed by atoms with Crippen molar-refractivity contribution in [2.75, 3.05) is 0 Å². The zero-order valence-corrected chi connectivity index (χ0v) is 19.9. The van der Waals surface area contributed by atoms with E-state index in [4.69, 9.17) is 11.6 Å². The molecule has 4 rings (SSSR count). The second-order valence-corrected chi connectivity index (χ2v) is 8.70. The van der Waals surface area contributed by atoms with Gasteiger partial charge in [-0.2, -0.15) is 0 Å². The number of rotatable bonds is 6. The van der Waals surface area contributed by atoms with Crippen molar-refractivity contribution in [3.63, 3.8) is 0 Å². The van der Waals surface area contributed by atoms with Crippen LogP contribution >= 0.6 is 27.5 Å². The molecular weight excluding hydrogens is 496 g/mol. The van der Waals surface area contributed by atoms with Gasteiger partial charge in [-0.15, -0.1) is 0 Å². The minimum atomic E-state index is -0.355. The summed E-state index contributed by atoms with van der Waals surface area (Å²) >= 11 is 9.82. The number of aliphatic hydroxyl groups excluding tert-OH is 1. The Hall–Kier alpha value is -3.40. The highest BCUT2D eigenvalue weighted by atomic mass is 79.9. The van der Waals surface area contributed by atoms with Crippen molar-refractivity contribution in [2.24, 2.45) is 0 Å². The van der Waals surface area contributed by atoms with Crippen molar-refractivity contribution < 1.29 is 9.90 Å². The number of carbonyl (C=O) groups excluding carboxylic acids is 1. The molecule has 0 fully saturated rings. The molecule has 4 aromatic carbocycles. The summed E-state index contributed by atoms with van der Waals surface area (Å²) in [6.45, 7) is 0. The number of Topliss-reactive ketones (excluding diaryl/α,β-unsaturated/α-hetero) is 1. The molecule has 4 heteroatoms. The van der Waals surface area contributed by atoms with E-state index in [1.165, 1.54) is 0 Å². The largest absolute Gasteiger partial charge is 0.507 e. The van der Waals surface area contributed by atoms with Crippen LogP contribution in [0.2, 0.25) is 5.02 Å². The van der Waals surface area contributed by atoms with Crippen molar-refractivity contribution in [3.8, 4) is 0 Å². The van der Waals surface area contributed by atoms with Gasteiger partial charge in [-0.3, -0.25) is 4.79 Å². The summed E-state index contributed by atoms with van der Waals surface area (Å²) in [6.07, 6.45) is 1.91. The van der Waals surface area contributed by atoms with E-state index in [-0.39, 0.29) is 17.1 Å². The Labute approximate surface area is 206 Å². The molecule has 0 spiro atoms. The van der Waals surface area contributed by atoms with Gasteiger partial charge >= 0.3 is 0 Å². The lowest BCUT2D eigenvalue weighted by Gasteiger charge is -2.16. The number of carbonyl (C=O) groups is 1. The van der Waals surface area contributed by atoms with Gasteiger partial charge in [0.05, 0.1) is 10.6 Å². The van der Waals surface area contributed by atoms with E-state index in [1.807, 2.05) is 78.9 Å². The smallest absolute Gasteiger partial charge is 0.198 e. The molecule has 33 heavy (non-hydrogen) atoms. The first-order chi connectivity index (χ1) is 16.0. The van der Waals surface area contributed by atoms with E-state index in [0.29, 0.717) is 21.7 Å². The molecule has 162 valence electrons. The molecule has 4 aromatic rings. The Balaban J connectivity index is 2.01. The van der Waals surface area contributed by atoms with E-state index in [2.05, 4.69) is 15.9 Å². The van der Waals surface area contributed by atoms with Gasteiger partial charge in [0, 0.05) is 15.6 Å². The molecule has 0 amide bonds. The SMILES string of the molecule is O=C(C(/C(=C\c1ccccc1)c1ccccc1)=C(/O)c1ccc(Br)cc1)c1ccccc1Cl. The first-order valence-electron chi connectivity index (χ1n) is 10.4. The Bertz CT molecular complexity index is 1330. The van der Waals surface area contributed by atoms with Gasteiger partial charge < -0.3 is 5.11 Å². The van der Waals surface area contributed by atoms with Crippen molar-refractivity contribution in [1.29, 1.82) is 0 Å². The number of halogens is 2. The van der Waals surface area contributed by atoms with Crippen LogP contribution in [-0.4, -0.2) is 10.9 Å². The minimum absolute atomic E-state index is 0.113. The lowest BCUT2D eigenvalue weighted by atomic mass is 9.88. The molecule has 0 aliphatic rings. The van der Waals surface area contributed by atoms with Crippen LogP contribution in [0.15, 0.2) is 119 Å². The average molecular weight is 516 g/mol. The van der Waals surface area contributed by atoms with Crippen molar-refractivity contribution in [3.05, 3.63) is 147 Å². The first kappa shape index (κ1) is 22.8. The fraction of sp³-hybridized carbons (Fsp3) is 0. The van der Waals surface area contributed by atoms with Gasteiger partial charge in [0.15, 0.2) is 5.78 Å². The van der Waals surface area contributed by atoms with Crippen LogP contribution in [0.3, 0.4) is 0 Å². The number of allylic oxidation sites excluding steroid dienone is 2. The fourth-order valence-electron chi connectivity index (χ4n) is 3.52. The predicted octanol–water partition coefficient (Wildman–Crippen LogP) is 8.50. The van der Waals surface area contributed by atoms with Crippen molar-refractivity contribution >= 4 is 50.7 Å². The zero-order chi connectivity index (χ0) is 23.2. The standard InChI is InChI=1S/C29H20BrClO2/c30-23-17-15-22(16-18-23)28(32)27(29(33)24-13-7-8-14-26(24)31)25(21-11-5-2-6-12-21)19-20-9-3-1-4-10-20/h1-19,32H/b25-19-,28-27+. The lowest BCUT2D eigenvalue weighted by Crippen LogP contribution is -2.10. The quantitative estimate of drug-likeness (QED) is 0.0919. The number of benzene rings is 4. The maximum Gasteiger partial charge on any atom is 0.198 e. The van der Waals surface area contributed by atoms with E-state index in [0.717, 1.165) is 15.6 Å². The normalized spacial score (nSPS) is 12.2. The molecule has 0 aromatic heterocycles. The summed E-state index contributed by atoms with van der Waals surface area (Å²) in [5.74, 6) is -0.467. The van der Waals surface area contributed by atoms with Crippen LogP contribution in [-0.2, 0) is 0 Å². The van der Waals surface area contributed by atoms with Crippen LogP contribution < -0.4 is 0 Å². The summed E-state index contributed by atoms with van der Waals surface area (Å²) in [5, 5.41) is 11.8. The molecule has 0 saturated carbocycles. The average Bonchev–Trinajstić information content (AvgIpc) is 2.85. The molecule has 0 radical (unpaired) electrons. The van der Waals surface area contributed by atoms with Gasteiger partial charge in [0.25, 0.3) is 0 Å². The zero-order valence-electron chi connectivity index (χ0n) is 17.6. The van der Waals surface area contributed by atoms with E-state index in [9.17, 15) is 9.90 Å². The Kier molecular flexibility index (Phi) is 7.23. The maximum absolute atomic E-state index is 13.9. The summed E-state index contributed by atoms with van der Waals surface area (Å²) < 4.78 is 0.876. The van der Waals surface area contributed by atoms with Gasteiger partial charge in [-0.1, -0.05) is 112 Å². The molecule has 0 aliphatic carbocycles. The van der Waals surface area contributed by atoms with Crippen LogP contribution in [0.5, 0.6) is 0 Å². The van der Waals surface area contributed by atoms with E-state index >= 15 is 0 Å². The molecule has 0 heterocycles. The summed E-state index contributed by atoms with van der Waals surface area (Å²) in [7, 11) is 0. The highest BCUT2D eigenvalue weighted by Crippen LogP contribution is 2.35. The third-order valence-corrected chi connectivity index (χ3v) is 6.02. The monoisotopic (exact) mass is 514 g/mol. The van der Waals surface area contributed by atoms with Gasteiger partial charge in [0.1, 0.15) is 5.76 Å². The van der Waals surface area contributed by atoms with Gasteiger partial charge in [0.2, 0.25) is 0 Å². The second kappa shape index (κ2) is 10.5. The topological polar surface area (TPSA) is 37.3 Å². The molecule has 1 N–H and O–H groups in total. The third kappa shape index (κ3) is 5.33. The van der Waals surface area contributed by atoms with Crippen LogP contribution in [0.25, 0.3) is 17.4 Å². The number of aliphatic hydroxyl groups is 1. The first-order valence-corrected chi connectivity index (χ1v) is 11.5. The Morgan fingerprint density at radius 2 is 1.30 bits per heavy atom. The van der Waals surface area contributed by atoms with Gasteiger partial charge in [-0.05, 0) is 47.0 Å². The second-order valence-electron chi connectivity index (χ2n) is 7.37. The summed E-state index contributed by atoms with van der Waals surface area (Å²) in [6, 6.07) is 33.3. The summed E-state index contributed by atoms with van der Waals surface area (Å²) in [5.41, 5.74) is 3.36. The maximum atomic E-state index is 13.9. The molecule has 0 aliphatic heterocycles. The van der Waals surface area contributed by atoms with E-state index in [1.54, 1.807) is 36.4 Å². The number of hydrogen-bond donors (Lipinski definition) is 1. The summed E-state index contributed by atoms with van der Waals surface area (Å²) in [4.78, 5) is 13.9. The predicted molar refractivity (Wildman–Crippen MR) is 140 cm³/mol. The number of hydrogen-bond acceptors (Lipinski definition) is 2. The molecule has 0 saturated heterocycles. The lowest BCUT2D eigenvalue weighted by molar-refractivity contribution is 0.103. The third-order valence-electron chi connectivity index (χ3n) is 5.16. The number of ketones is 1. The molecule has 2 nitrogen and oxygen atoms in total. The fourth-order valence-corrected chi connectivity index (χ4v) is 4.01. The Morgan fingerprint density at radius 1 is 0.727 bits per heavy atom. The highest BCUT2D eigenvalue weighted by molar-refractivity contribution is 9.10. The Morgan fingerprint density at radius 3 is 1.94 bits per heavy atom. The minimum Gasteiger partial charge on any atom is -0.507 e.